The van der Waals surface area contributed by atoms with Crippen LogP contribution in [0.2, 0.25) is 10.0 Å². The number of hydrogen-bond donors (Lipinski definition) is 2. The molecule has 0 spiro atoms. The number of anilines is 1. The van der Waals surface area contributed by atoms with Crippen molar-refractivity contribution in [3.8, 4) is 17.1 Å². The van der Waals surface area contributed by atoms with Crippen LogP contribution < -0.4 is 5.32 Å². The van der Waals surface area contributed by atoms with E-state index < -0.39 is 5.91 Å². The topological polar surface area (TPSA) is 83.7 Å². The second-order valence-corrected chi connectivity index (χ2v) is 8.57. The third-order valence-electron chi connectivity index (χ3n) is 5.49. The van der Waals surface area contributed by atoms with Gasteiger partial charge in [0.1, 0.15) is 6.54 Å². The summed E-state index contributed by atoms with van der Waals surface area (Å²) in [5, 5.41) is 15.1. The molecule has 0 aliphatic carbocycles. The highest BCUT2D eigenvalue weighted by molar-refractivity contribution is 6.32. The lowest BCUT2D eigenvalue weighted by molar-refractivity contribution is -0.116. The van der Waals surface area contributed by atoms with Crippen LogP contribution in [0.4, 0.5) is 5.69 Å². The molecule has 0 fully saturated rings. The zero-order valence-corrected chi connectivity index (χ0v) is 19.1. The van der Waals surface area contributed by atoms with Crippen molar-refractivity contribution in [2.75, 3.05) is 5.32 Å². The van der Waals surface area contributed by atoms with Crippen LogP contribution in [-0.4, -0.2) is 27.2 Å². The molecule has 3 aromatic carbocycles. The van der Waals surface area contributed by atoms with Gasteiger partial charge in [0.05, 0.1) is 22.5 Å². The first-order valence-corrected chi connectivity index (χ1v) is 11.1. The van der Waals surface area contributed by atoms with Crippen molar-refractivity contribution in [3.05, 3.63) is 106 Å². The van der Waals surface area contributed by atoms with E-state index in [0.717, 1.165) is 0 Å². The summed E-state index contributed by atoms with van der Waals surface area (Å²) in [5.41, 5.74) is 3.10. The summed E-state index contributed by atoms with van der Waals surface area (Å²) in [6.07, 6.45) is 0. The highest BCUT2D eigenvalue weighted by Crippen LogP contribution is 2.41. The molecule has 34 heavy (non-hydrogen) atoms. The lowest BCUT2D eigenvalue weighted by atomic mass is 10.0. The molecule has 0 saturated carbocycles. The van der Waals surface area contributed by atoms with Crippen LogP contribution in [0.3, 0.4) is 0 Å². The fourth-order valence-electron chi connectivity index (χ4n) is 4.00. The van der Waals surface area contributed by atoms with Gasteiger partial charge >= 0.3 is 0 Å². The van der Waals surface area contributed by atoms with Crippen molar-refractivity contribution in [2.45, 2.75) is 6.54 Å². The number of aromatic nitrogens is 1. The van der Waals surface area contributed by atoms with E-state index in [1.165, 1.54) is 4.57 Å². The molecule has 1 aromatic heterocycles. The average molecular weight is 490 g/mol. The Balaban J connectivity index is 1.63. The average Bonchev–Trinajstić information content (AvgIpc) is 3.31. The lowest BCUT2D eigenvalue weighted by Crippen LogP contribution is -2.19. The first-order chi connectivity index (χ1) is 16.4. The van der Waals surface area contributed by atoms with Gasteiger partial charge in [-0.3, -0.25) is 9.59 Å². The van der Waals surface area contributed by atoms with Crippen LogP contribution in [0.25, 0.3) is 11.3 Å². The van der Waals surface area contributed by atoms with Crippen molar-refractivity contribution in [1.29, 1.82) is 0 Å². The van der Waals surface area contributed by atoms with Crippen molar-refractivity contribution < 1.29 is 14.7 Å². The minimum Gasteiger partial charge on any atom is -0.494 e. The van der Waals surface area contributed by atoms with E-state index in [4.69, 9.17) is 23.2 Å². The molecule has 168 valence electrons. The quantitative estimate of drug-likeness (QED) is 0.371. The molecule has 2 heterocycles. The van der Waals surface area contributed by atoms with E-state index in [0.29, 0.717) is 38.3 Å². The van der Waals surface area contributed by atoms with E-state index in [1.54, 1.807) is 60.7 Å². The van der Waals surface area contributed by atoms with Gasteiger partial charge in [0.15, 0.2) is 0 Å². The number of nitrogens with one attached hydrogen (secondary N) is 1. The lowest BCUT2D eigenvalue weighted by Gasteiger charge is -2.13. The third-order valence-corrected chi connectivity index (χ3v) is 6.00. The van der Waals surface area contributed by atoms with Crippen molar-refractivity contribution in [3.63, 3.8) is 0 Å². The maximum Gasteiger partial charge on any atom is 0.280 e. The predicted molar refractivity (Wildman–Crippen MR) is 133 cm³/mol. The molecule has 1 aliphatic heterocycles. The smallest absolute Gasteiger partial charge is 0.280 e. The summed E-state index contributed by atoms with van der Waals surface area (Å²) in [6, 6.07) is 22.6. The third kappa shape index (κ3) is 3.98. The number of halogens is 2. The van der Waals surface area contributed by atoms with Gasteiger partial charge in [-0.05, 0) is 42.0 Å². The Labute approximate surface area is 205 Å². The number of hydrogen-bond acceptors (Lipinski definition) is 3. The van der Waals surface area contributed by atoms with Crippen molar-refractivity contribution >= 4 is 46.4 Å². The Hall–Kier alpha value is -3.87. The molecule has 2 N–H and O–H groups in total. The standard InChI is InChI=1S/C26H17Cl2N3O3/c27-17-10-6-15(7-11-17)23-21-22(25(33)30-23)24(16-8-12-18(28)13-9-16)31(26(21)34)14-20(32)29-19-4-2-1-3-5-19/h1-13,34H,14H2,(H,29,32). The molecular formula is C26H17Cl2N3O3. The molecule has 0 radical (unpaired) electrons. The minimum absolute atomic E-state index is 0.215. The highest BCUT2D eigenvalue weighted by Gasteiger charge is 2.36. The fraction of sp³-hybridized carbons (Fsp3) is 0.0385. The van der Waals surface area contributed by atoms with E-state index in [9.17, 15) is 14.7 Å². The van der Waals surface area contributed by atoms with Gasteiger partial charge in [-0.25, -0.2) is 4.99 Å². The van der Waals surface area contributed by atoms with Gasteiger partial charge in [0.2, 0.25) is 11.8 Å². The Morgan fingerprint density at radius 2 is 1.44 bits per heavy atom. The Kier molecular flexibility index (Phi) is 5.69. The van der Waals surface area contributed by atoms with Gasteiger partial charge in [0.25, 0.3) is 5.91 Å². The van der Waals surface area contributed by atoms with E-state index >= 15 is 0 Å². The summed E-state index contributed by atoms with van der Waals surface area (Å²) in [6.45, 7) is -0.215. The molecule has 6 nitrogen and oxygen atoms in total. The first-order valence-electron chi connectivity index (χ1n) is 10.4. The van der Waals surface area contributed by atoms with Gasteiger partial charge in [0, 0.05) is 21.3 Å². The summed E-state index contributed by atoms with van der Waals surface area (Å²) in [5.74, 6) is -1.08. The molecule has 2 amide bonds. The van der Waals surface area contributed by atoms with Gasteiger partial charge < -0.3 is 15.0 Å². The van der Waals surface area contributed by atoms with Gasteiger partial charge in [-0.15, -0.1) is 0 Å². The predicted octanol–water partition coefficient (Wildman–Crippen LogP) is 5.80. The number of carbonyl (C=O) groups is 2. The monoisotopic (exact) mass is 489 g/mol. The summed E-state index contributed by atoms with van der Waals surface area (Å²) < 4.78 is 1.43. The van der Waals surface area contributed by atoms with Gasteiger partial charge in [-0.2, -0.15) is 0 Å². The zero-order valence-electron chi connectivity index (χ0n) is 17.6. The van der Waals surface area contributed by atoms with Crippen molar-refractivity contribution in [1.82, 2.24) is 4.57 Å². The Bertz CT molecular complexity index is 1440. The second-order valence-electron chi connectivity index (χ2n) is 7.70. The number of benzene rings is 3. The Morgan fingerprint density at radius 1 is 0.853 bits per heavy atom. The van der Waals surface area contributed by atoms with E-state index in [-0.39, 0.29) is 29.5 Å². The van der Waals surface area contributed by atoms with E-state index in [2.05, 4.69) is 10.3 Å². The van der Waals surface area contributed by atoms with Crippen LogP contribution in [0, 0.1) is 0 Å². The number of para-hydroxylation sites is 1. The maximum absolute atomic E-state index is 13.1. The first kappa shape index (κ1) is 21.9. The summed E-state index contributed by atoms with van der Waals surface area (Å²) >= 11 is 12.1. The fourth-order valence-corrected chi connectivity index (χ4v) is 4.25. The highest BCUT2D eigenvalue weighted by atomic mass is 35.5. The number of rotatable bonds is 5. The van der Waals surface area contributed by atoms with Crippen LogP contribution in [0.5, 0.6) is 5.88 Å². The summed E-state index contributed by atoms with van der Waals surface area (Å²) in [4.78, 5) is 30.1. The summed E-state index contributed by atoms with van der Waals surface area (Å²) in [7, 11) is 0. The van der Waals surface area contributed by atoms with Crippen LogP contribution in [0.1, 0.15) is 21.5 Å². The molecule has 0 atom stereocenters. The molecule has 4 aromatic rings. The number of nitrogens with zero attached hydrogens (tertiary/aromatic N) is 2. The van der Waals surface area contributed by atoms with Crippen molar-refractivity contribution in [2.24, 2.45) is 4.99 Å². The number of aromatic hydroxyl groups is 1. The molecule has 1 aliphatic rings. The molecule has 5 rings (SSSR count). The zero-order chi connectivity index (χ0) is 23.8. The number of fused-ring (bicyclic) bond motifs is 1. The minimum atomic E-state index is -0.498. The molecule has 0 saturated heterocycles. The number of carbonyl (C=O) groups excluding carboxylic acids is 2. The normalized spacial score (nSPS) is 12.4. The van der Waals surface area contributed by atoms with Gasteiger partial charge in [-0.1, -0.05) is 65.7 Å². The molecule has 0 unspecified atom stereocenters. The van der Waals surface area contributed by atoms with Crippen LogP contribution in [0.15, 0.2) is 83.9 Å². The molecule has 0 bridgehead atoms. The maximum atomic E-state index is 13.1. The van der Waals surface area contributed by atoms with Crippen LogP contribution in [-0.2, 0) is 11.3 Å². The second kappa shape index (κ2) is 8.82. The number of amides is 2. The Morgan fingerprint density at radius 3 is 2.06 bits per heavy atom. The van der Waals surface area contributed by atoms with E-state index in [1.807, 2.05) is 18.2 Å². The molecule has 8 heteroatoms. The molecular weight excluding hydrogens is 473 g/mol. The largest absolute Gasteiger partial charge is 0.494 e. The number of aliphatic imine (C=N–C) groups is 1. The van der Waals surface area contributed by atoms with Crippen LogP contribution >= 0.6 is 23.2 Å². The SMILES string of the molecule is O=C(Cn1c(O)c2c(c1-c1ccc(Cl)cc1)C(=O)N=C2c1ccc(Cl)cc1)Nc1ccccc1.